The number of halogens is 3. The van der Waals surface area contributed by atoms with Gasteiger partial charge in [0.2, 0.25) is 5.88 Å². The molecule has 0 amide bonds. The Morgan fingerprint density at radius 2 is 2.05 bits per heavy atom. The van der Waals surface area contributed by atoms with Crippen LogP contribution in [0.4, 0.5) is 13.2 Å². The molecule has 3 aromatic rings. The summed E-state index contributed by atoms with van der Waals surface area (Å²) in [5.41, 5.74) is 0.413. The number of fused-ring (bicyclic) bond motifs is 3. The van der Waals surface area contributed by atoms with Crippen molar-refractivity contribution >= 4 is 21.8 Å². The van der Waals surface area contributed by atoms with E-state index in [4.69, 9.17) is 4.74 Å². The fraction of sp³-hybridized carbons (Fsp3) is 0.200. The Morgan fingerprint density at radius 1 is 1.32 bits per heavy atom. The second-order valence-corrected chi connectivity index (χ2v) is 4.81. The molecule has 0 bridgehead atoms. The first-order chi connectivity index (χ1) is 10.4. The Balaban J connectivity index is 2.51. The van der Waals surface area contributed by atoms with Crippen molar-refractivity contribution in [2.24, 2.45) is 7.05 Å². The molecule has 0 radical (unpaired) electrons. The van der Waals surface area contributed by atoms with Crippen LogP contribution in [0.2, 0.25) is 0 Å². The van der Waals surface area contributed by atoms with Crippen LogP contribution in [0.25, 0.3) is 21.8 Å². The summed E-state index contributed by atoms with van der Waals surface area (Å²) in [6, 6.07) is 5.47. The number of hydrogen-bond donors (Lipinski definition) is 0. The van der Waals surface area contributed by atoms with Gasteiger partial charge in [0.1, 0.15) is 6.07 Å². The average Bonchev–Trinajstić information content (AvgIpc) is 2.79. The molecule has 22 heavy (non-hydrogen) atoms. The van der Waals surface area contributed by atoms with Crippen LogP contribution in [-0.4, -0.2) is 16.7 Å². The lowest BCUT2D eigenvalue weighted by atomic mass is 10.1. The predicted octanol–water partition coefficient (Wildman–Crippen LogP) is 3.63. The zero-order valence-electron chi connectivity index (χ0n) is 11.7. The molecule has 0 aliphatic rings. The summed E-state index contributed by atoms with van der Waals surface area (Å²) in [6.45, 7) is 0. The third-order valence-electron chi connectivity index (χ3n) is 3.62. The fourth-order valence-corrected chi connectivity index (χ4v) is 2.63. The molecular weight excluding hydrogens is 295 g/mol. The Bertz CT molecular complexity index is 935. The quantitative estimate of drug-likeness (QED) is 0.690. The maximum absolute atomic E-state index is 12.9. The van der Waals surface area contributed by atoms with Gasteiger partial charge in [0.05, 0.1) is 35.3 Å². The number of hydrogen-bond acceptors (Lipinski definition) is 3. The molecule has 0 N–H and O–H groups in total. The molecule has 0 atom stereocenters. The van der Waals surface area contributed by atoms with Crippen molar-refractivity contribution in [1.29, 1.82) is 5.26 Å². The molecule has 4 nitrogen and oxygen atoms in total. The first kappa shape index (κ1) is 14.2. The monoisotopic (exact) mass is 305 g/mol. The number of rotatable bonds is 1. The van der Waals surface area contributed by atoms with E-state index in [1.54, 1.807) is 11.6 Å². The van der Waals surface area contributed by atoms with Gasteiger partial charge in [-0.3, -0.25) is 0 Å². The van der Waals surface area contributed by atoms with E-state index in [-0.39, 0.29) is 11.4 Å². The zero-order valence-corrected chi connectivity index (χ0v) is 11.7. The smallest absolute Gasteiger partial charge is 0.416 e. The summed E-state index contributed by atoms with van der Waals surface area (Å²) in [4.78, 5) is 4.05. The van der Waals surface area contributed by atoms with Crippen LogP contribution in [0.15, 0.2) is 24.4 Å². The van der Waals surface area contributed by atoms with Gasteiger partial charge < -0.3 is 9.30 Å². The number of benzene rings is 1. The van der Waals surface area contributed by atoms with Crippen LogP contribution in [0, 0.1) is 11.3 Å². The summed E-state index contributed by atoms with van der Waals surface area (Å²) >= 11 is 0. The van der Waals surface area contributed by atoms with E-state index >= 15 is 0 Å². The molecule has 0 aliphatic heterocycles. The zero-order chi connectivity index (χ0) is 16.1. The number of pyridine rings is 1. The summed E-state index contributed by atoms with van der Waals surface area (Å²) in [5, 5.41) is 10.3. The van der Waals surface area contributed by atoms with Gasteiger partial charge in [-0.05, 0) is 12.1 Å². The van der Waals surface area contributed by atoms with Crippen LogP contribution < -0.4 is 4.74 Å². The summed E-state index contributed by atoms with van der Waals surface area (Å²) in [5.74, 6) is 0.277. The van der Waals surface area contributed by atoms with E-state index in [2.05, 4.69) is 4.98 Å². The Hall–Kier alpha value is -2.75. The van der Waals surface area contributed by atoms with E-state index in [0.29, 0.717) is 21.8 Å². The molecular formula is C15H10F3N3O. The standard InChI is InChI=1S/C15H10F3N3O/c1-21-11-5-9(15(16,17)18)3-4-10(11)12-13(21)8(6-19)7-20-14(12)22-2/h3-5,7H,1-2H3. The second-order valence-electron chi connectivity index (χ2n) is 4.81. The second kappa shape index (κ2) is 4.63. The van der Waals surface area contributed by atoms with Crippen molar-refractivity contribution in [3.8, 4) is 11.9 Å². The van der Waals surface area contributed by atoms with Gasteiger partial charge in [0.25, 0.3) is 0 Å². The van der Waals surface area contributed by atoms with Gasteiger partial charge in [0.15, 0.2) is 0 Å². The number of nitriles is 1. The van der Waals surface area contributed by atoms with Gasteiger partial charge in [-0.2, -0.15) is 18.4 Å². The van der Waals surface area contributed by atoms with E-state index < -0.39 is 11.7 Å². The topological polar surface area (TPSA) is 50.8 Å². The minimum absolute atomic E-state index is 0.277. The first-order valence-electron chi connectivity index (χ1n) is 6.31. The summed E-state index contributed by atoms with van der Waals surface area (Å²) < 4.78 is 45.4. The molecule has 2 aromatic heterocycles. The van der Waals surface area contributed by atoms with Crippen LogP contribution >= 0.6 is 0 Å². The molecule has 2 heterocycles. The van der Waals surface area contributed by atoms with E-state index in [0.717, 1.165) is 12.1 Å². The van der Waals surface area contributed by atoms with Crippen molar-refractivity contribution in [1.82, 2.24) is 9.55 Å². The van der Waals surface area contributed by atoms with Gasteiger partial charge in [-0.25, -0.2) is 4.98 Å². The van der Waals surface area contributed by atoms with Gasteiger partial charge in [-0.1, -0.05) is 6.07 Å². The lowest BCUT2D eigenvalue weighted by Gasteiger charge is -2.07. The molecule has 1 aromatic carbocycles. The van der Waals surface area contributed by atoms with Gasteiger partial charge in [-0.15, -0.1) is 0 Å². The van der Waals surface area contributed by atoms with Crippen molar-refractivity contribution in [2.75, 3.05) is 7.11 Å². The van der Waals surface area contributed by atoms with Crippen molar-refractivity contribution < 1.29 is 17.9 Å². The maximum Gasteiger partial charge on any atom is 0.416 e. The molecule has 0 unspecified atom stereocenters. The third-order valence-corrected chi connectivity index (χ3v) is 3.62. The molecule has 0 aliphatic carbocycles. The molecule has 112 valence electrons. The highest BCUT2D eigenvalue weighted by atomic mass is 19.4. The lowest BCUT2D eigenvalue weighted by Crippen LogP contribution is -2.04. The van der Waals surface area contributed by atoms with Crippen molar-refractivity contribution in [3.05, 3.63) is 35.5 Å². The van der Waals surface area contributed by atoms with E-state index in [9.17, 15) is 18.4 Å². The van der Waals surface area contributed by atoms with Crippen LogP contribution in [-0.2, 0) is 13.2 Å². The molecule has 0 fully saturated rings. The summed E-state index contributed by atoms with van der Waals surface area (Å²) in [6.07, 6.45) is -3.07. The van der Waals surface area contributed by atoms with Crippen LogP contribution in [0.1, 0.15) is 11.1 Å². The minimum Gasteiger partial charge on any atom is -0.480 e. The van der Waals surface area contributed by atoms with Gasteiger partial charge >= 0.3 is 6.18 Å². The SMILES string of the molecule is COc1ncc(C#N)c2c1c1ccc(C(F)(F)F)cc1n2C. The number of ether oxygens (including phenoxy) is 1. The fourth-order valence-electron chi connectivity index (χ4n) is 2.63. The Kier molecular flexibility index (Phi) is 2.99. The maximum atomic E-state index is 12.9. The average molecular weight is 305 g/mol. The van der Waals surface area contributed by atoms with Crippen LogP contribution in [0.5, 0.6) is 5.88 Å². The number of methoxy groups -OCH3 is 1. The number of aryl methyl sites for hydroxylation is 1. The lowest BCUT2D eigenvalue weighted by molar-refractivity contribution is -0.137. The first-order valence-corrected chi connectivity index (χ1v) is 6.31. The van der Waals surface area contributed by atoms with E-state index in [1.807, 2.05) is 6.07 Å². The highest BCUT2D eigenvalue weighted by Gasteiger charge is 2.31. The van der Waals surface area contributed by atoms with Gasteiger partial charge in [0, 0.05) is 18.0 Å². The molecule has 7 heteroatoms. The van der Waals surface area contributed by atoms with Crippen molar-refractivity contribution in [2.45, 2.75) is 6.18 Å². The number of nitrogens with zero attached hydrogens (tertiary/aromatic N) is 3. The highest BCUT2D eigenvalue weighted by Crippen LogP contribution is 2.38. The molecule has 0 saturated heterocycles. The predicted molar refractivity (Wildman–Crippen MR) is 74.5 cm³/mol. The molecule has 3 rings (SSSR count). The Morgan fingerprint density at radius 3 is 2.64 bits per heavy atom. The largest absolute Gasteiger partial charge is 0.480 e. The normalized spacial score (nSPS) is 11.8. The van der Waals surface area contributed by atoms with E-state index in [1.165, 1.54) is 19.4 Å². The number of aromatic nitrogens is 2. The third kappa shape index (κ3) is 1.88. The minimum atomic E-state index is -4.43. The molecule has 0 saturated carbocycles. The molecule has 0 spiro atoms. The van der Waals surface area contributed by atoms with Crippen LogP contribution in [0.3, 0.4) is 0 Å². The highest BCUT2D eigenvalue weighted by molar-refractivity contribution is 6.12. The number of alkyl halides is 3. The van der Waals surface area contributed by atoms with Crippen molar-refractivity contribution in [3.63, 3.8) is 0 Å². The summed E-state index contributed by atoms with van der Waals surface area (Å²) in [7, 11) is 3.04. The Labute approximate surface area is 123 Å².